The number of hydrogen-bond donors (Lipinski definition) is 2. The quantitative estimate of drug-likeness (QED) is 0.808. The monoisotopic (exact) mass is 261 g/mol. The molecule has 2 fully saturated rings. The first-order chi connectivity index (χ1) is 8.32. The lowest BCUT2D eigenvalue weighted by Crippen LogP contribution is -2.39. The minimum atomic E-state index is -2.58. The van der Waals surface area contributed by atoms with Crippen LogP contribution in [0.25, 0.3) is 0 Å². The van der Waals surface area contributed by atoms with E-state index in [9.17, 15) is 18.4 Å². The molecule has 4 atom stereocenters. The van der Waals surface area contributed by atoms with Crippen LogP contribution in [0.15, 0.2) is 0 Å². The number of alkyl halides is 2. The molecule has 0 unspecified atom stereocenters. The Labute approximate surface area is 104 Å². The van der Waals surface area contributed by atoms with E-state index in [0.717, 1.165) is 0 Å². The average Bonchev–Trinajstić information content (AvgIpc) is 2.80. The molecule has 2 aliphatic rings. The summed E-state index contributed by atoms with van der Waals surface area (Å²) in [7, 11) is 0. The summed E-state index contributed by atoms with van der Waals surface area (Å²) >= 11 is 0. The third-order valence-corrected chi connectivity index (χ3v) is 3.97. The van der Waals surface area contributed by atoms with Crippen molar-refractivity contribution in [2.24, 2.45) is 17.8 Å². The van der Waals surface area contributed by atoms with Crippen LogP contribution in [0.1, 0.15) is 32.6 Å². The van der Waals surface area contributed by atoms with E-state index >= 15 is 0 Å². The number of nitrogens with one attached hydrogen (secondary N) is 1. The molecule has 0 saturated heterocycles. The minimum absolute atomic E-state index is 0.152. The van der Waals surface area contributed by atoms with Gasteiger partial charge in [-0.25, -0.2) is 8.78 Å². The molecule has 0 heterocycles. The highest BCUT2D eigenvalue weighted by atomic mass is 19.3. The fraction of sp³-hybridized carbons (Fsp3) is 0.833. The van der Waals surface area contributed by atoms with Gasteiger partial charge < -0.3 is 10.4 Å². The molecule has 2 rings (SSSR count). The normalized spacial score (nSPS) is 34.3. The molecule has 0 bridgehead atoms. The number of hydrogen-bond acceptors (Lipinski definition) is 2. The minimum Gasteiger partial charge on any atom is -0.481 e. The summed E-state index contributed by atoms with van der Waals surface area (Å²) < 4.78 is 26.3. The van der Waals surface area contributed by atoms with E-state index < -0.39 is 35.7 Å². The van der Waals surface area contributed by atoms with Gasteiger partial charge in [0.2, 0.25) is 5.91 Å². The van der Waals surface area contributed by atoms with Gasteiger partial charge in [-0.05, 0) is 26.2 Å². The molecular formula is C12H17F2NO3. The van der Waals surface area contributed by atoms with E-state index in [-0.39, 0.29) is 18.7 Å². The number of fused-ring (bicyclic) bond motifs is 1. The van der Waals surface area contributed by atoms with E-state index in [1.165, 1.54) is 0 Å². The molecule has 0 aliphatic heterocycles. The number of halogens is 2. The van der Waals surface area contributed by atoms with Gasteiger partial charge in [-0.1, -0.05) is 0 Å². The Bertz CT molecular complexity index is 372. The average molecular weight is 261 g/mol. The molecule has 102 valence electrons. The van der Waals surface area contributed by atoms with Crippen molar-refractivity contribution < 1.29 is 23.5 Å². The van der Waals surface area contributed by atoms with Crippen LogP contribution in [0.4, 0.5) is 8.78 Å². The van der Waals surface area contributed by atoms with Crippen LogP contribution in [0, 0.1) is 17.8 Å². The van der Waals surface area contributed by atoms with Crippen LogP contribution < -0.4 is 5.32 Å². The van der Waals surface area contributed by atoms with Crippen LogP contribution in [0.2, 0.25) is 0 Å². The molecule has 0 aromatic heterocycles. The van der Waals surface area contributed by atoms with E-state index in [4.69, 9.17) is 5.11 Å². The molecule has 2 N–H and O–H groups in total. The van der Waals surface area contributed by atoms with Crippen molar-refractivity contribution >= 4 is 11.9 Å². The highest BCUT2D eigenvalue weighted by molar-refractivity contribution is 5.80. The van der Waals surface area contributed by atoms with E-state index in [2.05, 4.69) is 5.32 Å². The second kappa shape index (κ2) is 4.48. The molecule has 0 spiro atoms. The fourth-order valence-corrected chi connectivity index (χ4v) is 2.89. The van der Waals surface area contributed by atoms with Crippen LogP contribution >= 0.6 is 0 Å². The van der Waals surface area contributed by atoms with Crippen molar-refractivity contribution in [2.75, 3.05) is 0 Å². The van der Waals surface area contributed by atoms with Crippen molar-refractivity contribution in [2.45, 2.75) is 44.6 Å². The molecule has 2 aliphatic carbocycles. The van der Waals surface area contributed by atoms with Crippen LogP contribution in [-0.2, 0) is 9.59 Å². The largest absolute Gasteiger partial charge is 0.481 e. The summed E-state index contributed by atoms with van der Waals surface area (Å²) in [5.41, 5.74) is 0. The van der Waals surface area contributed by atoms with Gasteiger partial charge in [-0.3, -0.25) is 9.59 Å². The highest BCUT2D eigenvalue weighted by Gasteiger charge is 2.69. The SMILES string of the molecule is C[C@H](CC(=O)O)NC(=O)[C@@H]1CC[C@H]2[C@@H](C1)C2(F)F. The van der Waals surface area contributed by atoms with Crippen molar-refractivity contribution in [1.29, 1.82) is 0 Å². The van der Waals surface area contributed by atoms with Gasteiger partial charge in [0, 0.05) is 23.8 Å². The predicted molar refractivity (Wildman–Crippen MR) is 59.1 cm³/mol. The maximum atomic E-state index is 13.2. The molecular weight excluding hydrogens is 244 g/mol. The molecule has 4 nitrogen and oxygen atoms in total. The van der Waals surface area contributed by atoms with Gasteiger partial charge in [0.05, 0.1) is 6.42 Å². The lowest BCUT2D eigenvalue weighted by atomic mass is 9.88. The number of carboxylic acids is 1. The van der Waals surface area contributed by atoms with Crippen molar-refractivity contribution in [3.8, 4) is 0 Å². The van der Waals surface area contributed by atoms with Gasteiger partial charge in [-0.15, -0.1) is 0 Å². The van der Waals surface area contributed by atoms with Crippen molar-refractivity contribution in [1.82, 2.24) is 5.32 Å². The van der Waals surface area contributed by atoms with Crippen LogP contribution in [-0.4, -0.2) is 28.9 Å². The van der Waals surface area contributed by atoms with E-state index in [1.54, 1.807) is 6.92 Å². The zero-order chi connectivity index (χ0) is 13.5. The Hall–Kier alpha value is -1.20. The lowest BCUT2D eigenvalue weighted by molar-refractivity contribution is -0.137. The standard InChI is InChI=1S/C12H17F2NO3/c1-6(4-10(16)17)15-11(18)7-2-3-8-9(5-7)12(8,13)14/h6-9H,2-5H2,1H3,(H,15,18)(H,16,17)/t6-,7-,8+,9-/m1/s1. The smallest absolute Gasteiger partial charge is 0.305 e. The number of amides is 1. The number of carbonyl (C=O) groups is 2. The Morgan fingerprint density at radius 3 is 2.61 bits per heavy atom. The van der Waals surface area contributed by atoms with Crippen LogP contribution in [0.5, 0.6) is 0 Å². The number of rotatable bonds is 4. The van der Waals surface area contributed by atoms with Gasteiger partial charge in [-0.2, -0.15) is 0 Å². The van der Waals surface area contributed by atoms with Gasteiger partial charge in [0.15, 0.2) is 0 Å². The molecule has 0 aromatic carbocycles. The fourth-order valence-electron chi connectivity index (χ4n) is 2.89. The zero-order valence-electron chi connectivity index (χ0n) is 10.2. The van der Waals surface area contributed by atoms with Crippen LogP contribution in [0.3, 0.4) is 0 Å². The highest BCUT2D eigenvalue weighted by Crippen LogP contribution is 2.63. The Balaban J connectivity index is 1.82. The van der Waals surface area contributed by atoms with Gasteiger partial charge >= 0.3 is 5.97 Å². The summed E-state index contributed by atoms with van der Waals surface area (Å²) in [6.45, 7) is 1.60. The molecule has 2 saturated carbocycles. The lowest BCUT2D eigenvalue weighted by Gasteiger charge is -2.21. The van der Waals surface area contributed by atoms with E-state index in [0.29, 0.717) is 12.8 Å². The first-order valence-electron chi connectivity index (χ1n) is 6.22. The first-order valence-corrected chi connectivity index (χ1v) is 6.22. The van der Waals surface area contributed by atoms with Crippen molar-refractivity contribution in [3.63, 3.8) is 0 Å². The zero-order valence-corrected chi connectivity index (χ0v) is 10.2. The maximum Gasteiger partial charge on any atom is 0.305 e. The predicted octanol–water partition coefficient (Wildman–Crippen LogP) is 1.65. The van der Waals surface area contributed by atoms with Crippen molar-refractivity contribution in [3.05, 3.63) is 0 Å². The third-order valence-electron chi connectivity index (χ3n) is 3.97. The second-order valence-electron chi connectivity index (χ2n) is 5.40. The third kappa shape index (κ3) is 2.47. The maximum absolute atomic E-state index is 13.2. The van der Waals surface area contributed by atoms with E-state index in [1.807, 2.05) is 0 Å². The van der Waals surface area contributed by atoms with Gasteiger partial charge in [0.25, 0.3) is 5.92 Å². The summed E-state index contributed by atoms with van der Waals surface area (Å²) in [6.07, 6.45) is 0.940. The Morgan fingerprint density at radius 2 is 2.06 bits per heavy atom. The summed E-state index contributed by atoms with van der Waals surface area (Å²) in [5, 5.41) is 11.2. The summed E-state index contributed by atoms with van der Waals surface area (Å²) in [4.78, 5) is 22.3. The number of aliphatic carboxylic acids is 1. The molecule has 1 amide bonds. The molecule has 18 heavy (non-hydrogen) atoms. The Kier molecular flexibility index (Phi) is 3.29. The first kappa shape index (κ1) is 13.2. The Morgan fingerprint density at radius 1 is 1.39 bits per heavy atom. The second-order valence-corrected chi connectivity index (χ2v) is 5.40. The molecule has 6 heteroatoms. The summed E-state index contributed by atoms with van der Waals surface area (Å²) in [5.74, 6) is -5.42. The number of carboxylic acid groups (broad SMARTS) is 1. The number of carbonyl (C=O) groups excluding carboxylic acids is 1. The topological polar surface area (TPSA) is 66.4 Å². The summed E-state index contributed by atoms with van der Waals surface area (Å²) in [6, 6.07) is -0.465. The molecule has 0 aromatic rings. The molecule has 0 radical (unpaired) electrons. The van der Waals surface area contributed by atoms with Gasteiger partial charge in [0.1, 0.15) is 0 Å².